The Kier molecular flexibility index (Phi) is 4.25. The number of aromatic nitrogens is 2. The molecule has 0 saturated carbocycles. The van der Waals surface area contributed by atoms with E-state index >= 15 is 0 Å². The molecule has 1 aliphatic rings. The highest BCUT2D eigenvalue weighted by Gasteiger charge is 2.29. The van der Waals surface area contributed by atoms with Crippen molar-refractivity contribution in [1.29, 1.82) is 0 Å². The number of ether oxygens (including phenoxy) is 1. The van der Waals surface area contributed by atoms with Crippen LogP contribution in [0, 0.1) is 0 Å². The number of aryl methyl sites for hydroxylation is 1. The highest BCUT2D eigenvalue weighted by molar-refractivity contribution is 5.38. The van der Waals surface area contributed by atoms with Crippen LogP contribution in [0.25, 0.3) is 0 Å². The zero-order valence-corrected chi connectivity index (χ0v) is 12.7. The van der Waals surface area contributed by atoms with Crippen LogP contribution in [0.3, 0.4) is 0 Å². The van der Waals surface area contributed by atoms with Crippen molar-refractivity contribution in [3.05, 3.63) is 48.0 Å². The molecule has 0 aliphatic carbocycles. The fourth-order valence-electron chi connectivity index (χ4n) is 3.20. The number of nitrogens with one attached hydrogen (secondary N) is 1. The van der Waals surface area contributed by atoms with E-state index in [1.165, 1.54) is 5.56 Å². The van der Waals surface area contributed by atoms with Gasteiger partial charge >= 0.3 is 0 Å². The zero-order valence-electron chi connectivity index (χ0n) is 12.7. The van der Waals surface area contributed by atoms with Gasteiger partial charge in [0.25, 0.3) is 0 Å². The van der Waals surface area contributed by atoms with E-state index in [-0.39, 0.29) is 0 Å². The standard InChI is InChI=1S/C17H23N3O/c1-3-18-15(12-17-19-9-10-20(17)2)13-8-11-21-16-7-5-4-6-14(13)16/h4-7,9-10,13,15,18H,3,8,11-12H2,1-2H3. The smallest absolute Gasteiger partial charge is 0.122 e. The maximum atomic E-state index is 5.79. The lowest BCUT2D eigenvalue weighted by molar-refractivity contribution is 0.244. The van der Waals surface area contributed by atoms with Crippen LogP contribution in [-0.4, -0.2) is 28.7 Å². The number of nitrogens with zero attached hydrogens (tertiary/aromatic N) is 2. The number of benzene rings is 1. The molecular weight excluding hydrogens is 262 g/mol. The number of hydrogen-bond acceptors (Lipinski definition) is 3. The minimum absolute atomic E-state index is 0.390. The van der Waals surface area contributed by atoms with Crippen molar-refractivity contribution in [2.24, 2.45) is 7.05 Å². The van der Waals surface area contributed by atoms with Gasteiger partial charge in [0.05, 0.1) is 6.61 Å². The van der Waals surface area contributed by atoms with E-state index in [9.17, 15) is 0 Å². The molecular formula is C17H23N3O. The molecule has 0 spiro atoms. The normalized spacial score (nSPS) is 18.9. The number of imidazole rings is 1. The summed E-state index contributed by atoms with van der Waals surface area (Å²) in [5.41, 5.74) is 1.32. The summed E-state index contributed by atoms with van der Waals surface area (Å²) >= 11 is 0. The van der Waals surface area contributed by atoms with Crippen LogP contribution in [0.1, 0.15) is 30.7 Å². The zero-order chi connectivity index (χ0) is 14.7. The van der Waals surface area contributed by atoms with Gasteiger partial charge in [-0.2, -0.15) is 0 Å². The van der Waals surface area contributed by atoms with Gasteiger partial charge in [0.1, 0.15) is 11.6 Å². The lowest BCUT2D eigenvalue weighted by atomic mass is 9.85. The lowest BCUT2D eigenvalue weighted by Crippen LogP contribution is -2.39. The van der Waals surface area contributed by atoms with Gasteiger partial charge in [-0.05, 0) is 24.6 Å². The first kappa shape index (κ1) is 14.1. The molecule has 0 fully saturated rings. The monoisotopic (exact) mass is 285 g/mol. The van der Waals surface area contributed by atoms with Gasteiger partial charge in [-0.3, -0.25) is 0 Å². The molecule has 112 valence electrons. The average Bonchev–Trinajstić information content (AvgIpc) is 2.91. The Morgan fingerprint density at radius 2 is 2.29 bits per heavy atom. The van der Waals surface area contributed by atoms with Crippen LogP contribution in [0.2, 0.25) is 0 Å². The first-order valence-electron chi connectivity index (χ1n) is 7.71. The number of fused-ring (bicyclic) bond motifs is 1. The number of para-hydroxylation sites is 1. The Morgan fingerprint density at radius 3 is 3.05 bits per heavy atom. The quantitative estimate of drug-likeness (QED) is 0.917. The summed E-state index contributed by atoms with van der Waals surface area (Å²) in [5.74, 6) is 2.65. The fourth-order valence-corrected chi connectivity index (χ4v) is 3.20. The van der Waals surface area contributed by atoms with Crippen LogP contribution >= 0.6 is 0 Å². The minimum atomic E-state index is 0.390. The van der Waals surface area contributed by atoms with Crippen molar-refractivity contribution in [2.45, 2.75) is 31.7 Å². The fraction of sp³-hybridized carbons (Fsp3) is 0.471. The predicted molar refractivity (Wildman–Crippen MR) is 83.7 cm³/mol. The topological polar surface area (TPSA) is 39.1 Å². The van der Waals surface area contributed by atoms with Crippen molar-refractivity contribution in [2.75, 3.05) is 13.2 Å². The summed E-state index contributed by atoms with van der Waals surface area (Å²) < 4.78 is 7.90. The molecule has 21 heavy (non-hydrogen) atoms. The summed E-state index contributed by atoms with van der Waals surface area (Å²) in [4.78, 5) is 4.48. The SMILES string of the molecule is CCNC(Cc1nccn1C)C1CCOc2ccccc21. The second kappa shape index (κ2) is 6.31. The van der Waals surface area contributed by atoms with Gasteiger partial charge in [-0.1, -0.05) is 25.1 Å². The summed E-state index contributed by atoms with van der Waals surface area (Å²) in [6.45, 7) is 3.93. The van der Waals surface area contributed by atoms with E-state index in [1.807, 2.05) is 18.5 Å². The molecule has 1 aliphatic heterocycles. The van der Waals surface area contributed by atoms with Crippen molar-refractivity contribution in [3.63, 3.8) is 0 Å². The first-order chi connectivity index (χ1) is 10.3. The first-order valence-corrected chi connectivity index (χ1v) is 7.71. The highest BCUT2D eigenvalue weighted by Crippen LogP contribution is 2.36. The lowest BCUT2D eigenvalue weighted by Gasteiger charge is -2.32. The van der Waals surface area contributed by atoms with Gasteiger partial charge < -0.3 is 14.6 Å². The Bertz CT molecular complexity index is 593. The predicted octanol–water partition coefficient (Wildman–Crippen LogP) is 2.51. The van der Waals surface area contributed by atoms with Gasteiger partial charge in [0.2, 0.25) is 0 Å². The second-order valence-corrected chi connectivity index (χ2v) is 5.60. The Morgan fingerprint density at radius 1 is 1.43 bits per heavy atom. The molecule has 0 bridgehead atoms. The average molecular weight is 285 g/mol. The molecule has 0 amide bonds. The minimum Gasteiger partial charge on any atom is -0.493 e. The second-order valence-electron chi connectivity index (χ2n) is 5.60. The Balaban J connectivity index is 1.86. The molecule has 3 rings (SSSR count). The van der Waals surface area contributed by atoms with Crippen molar-refractivity contribution in [3.8, 4) is 5.75 Å². The third-order valence-electron chi connectivity index (χ3n) is 4.28. The molecule has 1 aromatic heterocycles. The molecule has 4 nitrogen and oxygen atoms in total. The summed E-state index contributed by atoms with van der Waals surface area (Å²) in [6.07, 6.45) is 5.88. The molecule has 2 atom stereocenters. The molecule has 2 heterocycles. The van der Waals surface area contributed by atoms with Gasteiger partial charge in [-0.25, -0.2) is 4.98 Å². The van der Waals surface area contributed by atoms with Gasteiger partial charge in [0, 0.05) is 37.8 Å². The van der Waals surface area contributed by atoms with E-state index in [1.54, 1.807) is 0 Å². The third kappa shape index (κ3) is 2.95. The number of likely N-dealkylation sites (N-methyl/N-ethyl adjacent to an activating group) is 1. The van der Waals surface area contributed by atoms with Crippen LogP contribution in [-0.2, 0) is 13.5 Å². The van der Waals surface area contributed by atoms with E-state index in [0.717, 1.165) is 37.6 Å². The van der Waals surface area contributed by atoms with E-state index in [0.29, 0.717) is 12.0 Å². The van der Waals surface area contributed by atoms with Crippen molar-refractivity contribution >= 4 is 0 Å². The Hall–Kier alpha value is -1.81. The molecule has 4 heteroatoms. The maximum Gasteiger partial charge on any atom is 0.122 e. The summed E-state index contributed by atoms with van der Waals surface area (Å²) in [5, 5.41) is 3.65. The van der Waals surface area contributed by atoms with E-state index in [2.05, 4.69) is 47.0 Å². The van der Waals surface area contributed by atoms with Crippen LogP contribution in [0.5, 0.6) is 5.75 Å². The van der Waals surface area contributed by atoms with Crippen molar-refractivity contribution < 1.29 is 4.74 Å². The van der Waals surface area contributed by atoms with Gasteiger partial charge in [-0.15, -0.1) is 0 Å². The molecule has 0 saturated heterocycles. The number of hydrogen-bond donors (Lipinski definition) is 1. The van der Waals surface area contributed by atoms with Crippen molar-refractivity contribution in [1.82, 2.24) is 14.9 Å². The van der Waals surface area contributed by atoms with E-state index < -0.39 is 0 Å². The Labute approximate surface area is 126 Å². The number of rotatable bonds is 5. The molecule has 1 aromatic carbocycles. The largest absolute Gasteiger partial charge is 0.493 e. The summed E-state index contributed by atoms with van der Waals surface area (Å²) in [6, 6.07) is 8.81. The molecule has 2 unspecified atom stereocenters. The maximum absolute atomic E-state index is 5.79. The van der Waals surface area contributed by atoms with Crippen LogP contribution < -0.4 is 10.1 Å². The third-order valence-corrected chi connectivity index (χ3v) is 4.28. The summed E-state index contributed by atoms with van der Waals surface area (Å²) in [7, 11) is 2.06. The molecule has 0 radical (unpaired) electrons. The van der Waals surface area contributed by atoms with E-state index in [4.69, 9.17) is 4.74 Å². The van der Waals surface area contributed by atoms with Gasteiger partial charge in [0.15, 0.2) is 0 Å². The van der Waals surface area contributed by atoms with Crippen LogP contribution in [0.15, 0.2) is 36.7 Å². The van der Waals surface area contributed by atoms with Crippen LogP contribution in [0.4, 0.5) is 0 Å². The molecule has 2 aromatic rings. The highest BCUT2D eigenvalue weighted by atomic mass is 16.5. The molecule has 1 N–H and O–H groups in total.